The van der Waals surface area contributed by atoms with Crippen LogP contribution in [0.1, 0.15) is 25.1 Å². The fraction of sp³-hybridized carbons (Fsp3) is 0.370. The maximum Gasteiger partial charge on any atom is 0.227 e. The Morgan fingerprint density at radius 1 is 1.14 bits per heavy atom. The number of aliphatic hydroxyl groups is 1. The molecule has 1 aromatic heterocycles. The Hall–Kier alpha value is -3.25. The first-order valence-corrected chi connectivity index (χ1v) is 11.5. The average molecular weight is 484 g/mol. The predicted octanol–water partition coefficient (Wildman–Crippen LogP) is 4.72. The van der Waals surface area contributed by atoms with Gasteiger partial charge < -0.3 is 14.6 Å². The molecule has 0 aliphatic carbocycles. The second-order valence-corrected chi connectivity index (χ2v) is 8.75. The number of para-hydroxylation sites is 1. The molecule has 0 aliphatic rings. The third kappa shape index (κ3) is 7.36. The molecule has 0 aliphatic heterocycles. The summed E-state index contributed by atoms with van der Waals surface area (Å²) in [7, 11) is 0. The van der Waals surface area contributed by atoms with E-state index in [1.807, 2.05) is 37.3 Å². The Labute approximate surface area is 205 Å². The van der Waals surface area contributed by atoms with Crippen LogP contribution in [0, 0.1) is 36.8 Å². The lowest BCUT2D eigenvalue weighted by molar-refractivity contribution is 0.0236. The molecule has 2 aromatic carbocycles. The minimum absolute atomic E-state index is 0.108. The number of hydrogen-bond donors (Lipinski definition) is 1. The van der Waals surface area contributed by atoms with Crippen LogP contribution in [-0.2, 0) is 11.3 Å². The van der Waals surface area contributed by atoms with Gasteiger partial charge in [0.15, 0.2) is 11.6 Å². The lowest BCUT2D eigenvalue weighted by Crippen LogP contribution is -2.37. The molecule has 0 fully saturated rings. The van der Waals surface area contributed by atoms with Crippen LogP contribution in [0.4, 0.5) is 8.78 Å². The number of aliphatic hydroxyl groups excluding tert-OH is 1. The van der Waals surface area contributed by atoms with Crippen LogP contribution in [0.5, 0.6) is 11.6 Å². The molecule has 1 atom stereocenters. The van der Waals surface area contributed by atoms with E-state index in [0.717, 1.165) is 23.4 Å². The van der Waals surface area contributed by atoms with Crippen LogP contribution < -0.4 is 4.74 Å². The maximum atomic E-state index is 14.5. The smallest absolute Gasteiger partial charge is 0.227 e. The molecule has 0 amide bonds. The van der Waals surface area contributed by atoms with Crippen molar-refractivity contribution in [3.63, 3.8) is 0 Å². The number of hydrogen-bond acceptors (Lipinski definition) is 5. The standard InChI is InChI=1S/C27H31F2N3O3/c1-5-13-34-18-23(33)16-31(15-19(2)3)17-24-20(4)30-32(22-9-7-6-8-10-22)27(24)35-26-12-11-21(28)14-25(26)29/h1,6-12,14,19,23,33H,13,15-18H2,2-4H3. The first-order valence-electron chi connectivity index (χ1n) is 11.5. The van der Waals surface area contributed by atoms with Crippen LogP contribution >= 0.6 is 0 Å². The van der Waals surface area contributed by atoms with Gasteiger partial charge in [-0.3, -0.25) is 4.90 Å². The molecule has 0 radical (unpaired) electrons. The van der Waals surface area contributed by atoms with Gasteiger partial charge in [0.1, 0.15) is 12.4 Å². The Balaban J connectivity index is 1.97. The summed E-state index contributed by atoms with van der Waals surface area (Å²) in [5.74, 6) is 1.42. The molecule has 0 bridgehead atoms. The largest absolute Gasteiger partial charge is 0.435 e. The summed E-state index contributed by atoms with van der Waals surface area (Å²) in [5, 5.41) is 15.1. The minimum Gasteiger partial charge on any atom is -0.435 e. The number of terminal acetylenes is 1. The molecule has 3 rings (SSSR count). The van der Waals surface area contributed by atoms with Gasteiger partial charge in [-0.05, 0) is 37.1 Å². The van der Waals surface area contributed by atoms with Crippen molar-refractivity contribution in [3.8, 4) is 29.7 Å². The van der Waals surface area contributed by atoms with E-state index in [0.29, 0.717) is 37.1 Å². The molecule has 186 valence electrons. The summed E-state index contributed by atoms with van der Waals surface area (Å²) in [5.41, 5.74) is 2.16. The van der Waals surface area contributed by atoms with Crippen molar-refractivity contribution in [2.24, 2.45) is 5.92 Å². The Morgan fingerprint density at radius 3 is 2.54 bits per heavy atom. The Morgan fingerprint density at radius 2 is 1.89 bits per heavy atom. The van der Waals surface area contributed by atoms with Crippen molar-refractivity contribution in [2.75, 3.05) is 26.3 Å². The topological polar surface area (TPSA) is 59.8 Å². The first-order chi connectivity index (χ1) is 16.8. The van der Waals surface area contributed by atoms with Crippen molar-refractivity contribution in [2.45, 2.75) is 33.4 Å². The number of aryl methyl sites for hydroxylation is 1. The van der Waals surface area contributed by atoms with Gasteiger partial charge in [-0.2, -0.15) is 5.10 Å². The van der Waals surface area contributed by atoms with E-state index in [1.54, 1.807) is 4.68 Å². The molecular weight excluding hydrogens is 452 g/mol. The second kappa shape index (κ2) is 12.5. The van der Waals surface area contributed by atoms with Gasteiger partial charge >= 0.3 is 0 Å². The van der Waals surface area contributed by atoms with Crippen molar-refractivity contribution < 1.29 is 23.4 Å². The van der Waals surface area contributed by atoms with E-state index < -0.39 is 17.7 Å². The molecule has 3 aromatic rings. The van der Waals surface area contributed by atoms with Gasteiger partial charge in [-0.1, -0.05) is 38.0 Å². The molecule has 1 unspecified atom stereocenters. The van der Waals surface area contributed by atoms with Crippen LogP contribution in [0.2, 0.25) is 0 Å². The number of halogens is 2. The first kappa shape index (κ1) is 26.4. The van der Waals surface area contributed by atoms with Gasteiger partial charge in [0.2, 0.25) is 5.88 Å². The normalized spacial score (nSPS) is 12.2. The van der Waals surface area contributed by atoms with Crippen LogP contribution in [0.3, 0.4) is 0 Å². The molecule has 8 heteroatoms. The third-order valence-electron chi connectivity index (χ3n) is 5.21. The summed E-state index contributed by atoms with van der Waals surface area (Å²) in [4.78, 5) is 2.07. The second-order valence-electron chi connectivity index (χ2n) is 8.75. The molecule has 0 saturated heterocycles. The quantitative estimate of drug-likeness (QED) is 0.298. The van der Waals surface area contributed by atoms with Crippen LogP contribution in [0.15, 0.2) is 48.5 Å². The van der Waals surface area contributed by atoms with Gasteiger partial charge in [-0.15, -0.1) is 6.42 Å². The monoisotopic (exact) mass is 483 g/mol. The molecular formula is C27H31F2N3O3. The Kier molecular flexibility index (Phi) is 9.38. The van der Waals surface area contributed by atoms with Gasteiger partial charge in [0.05, 0.1) is 29.7 Å². The van der Waals surface area contributed by atoms with Crippen LogP contribution in [0.25, 0.3) is 5.69 Å². The predicted molar refractivity (Wildman–Crippen MR) is 131 cm³/mol. The van der Waals surface area contributed by atoms with E-state index >= 15 is 0 Å². The van der Waals surface area contributed by atoms with Gasteiger partial charge in [0.25, 0.3) is 0 Å². The molecule has 1 N–H and O–H groups in total. The summed E-state index contributed by atoms with van der Waals surface area (Å²) in [6, 6.07) is 12.5. The summed E-state index contributed by atoms with van der Waals surface area (Å²) in [6.45, 7) is 7.68. The lowest BCUT2D eigenvalue weighted by atomic mass is 10.1. The summed E-state index contributed by atoms with van der Waals surface area (Å²) < 4.78 is 40.9. The number of ether oxygens (including phenoxy) is 2. The Bertz CT molecular complexity index is 1140. The molecule has 0 saturated carbocycles. The molecule has 0 spiro atoms. The highest BCUT2D eigenvalue weighted by Gasteiger charge is 2.24. The van der Waals surface area contributed by atoms with Crippen LogP contribution in [-0.4, -0.2) is 52.2 Å². The highest BCUT2D eigenvalue weighted by molar-refractivity contribution is 5.43. The fourth-order valence-corrected chi connectivity index (χ4v) is 3.78. The number of rotatable bonds is 12. The van der Waals surface area contributed by atoms with Crippen molar-refractivity contribution in [1.82, 2.24) is 14.7 Å². The minimum atomic E-state index is -0.811. The number of nitrogens with zero attached hydrogens (tertiary/aromatic N) is 3. The molecule has 1 heterocycles. The number of benzene rings is 2. The lowest BCUT2D eigenvalue weighted by Gasteiger charge is -2.27. The zero-order valence-corrected chi connectivity index (χ0v) is 20.2. The fourth-order valence-electron chi connectivity index (χ4n) is 3.78. The van der Waals surface area contributed by atoms with Gasteiger partial charge in [0, 0.05) is 25.7 Å². The highest BCUT2D eigenvalue weighted by atomic mass is 19.1. The molecule has 35 heavy (non-hydrogen) atoms. The van der Waals surface area contributed by atoms with E-state index in [2.05, 4.69) is 29.8 Å². The zero-order valence-electron chi connectivity index (χ0n) is 20.2. The number of aromatic nitrogens is 2. The van der Waals surface area contributed by atoms with Crippen molar-refractivity contribution in [1.29, 1.82) is 0 Å². The summed E-state index contributed by atoms with van der Waals surface area (Å²) >= 11 is 0. The van der Waals surface area contributed by atoms with E-state index in [9.17, 15) is 13.9 Å². The van der Waals surface area contributed by atoms with E-state index in [4.69, 9.17) is 15.9 Å². The van der Waals surface area contributed by atoms with E-state index in [-0.39, 0.29) is 19.0 Å². The highest BCUT2D eigenvalue weighted by Crippen LogP contribution is 2.33. The van der Waals surface area contributed by atoms with E-state index in [1.165, 1.54) is 6.07 Å². The zero-order chi connectivity index (χ0) is 25.4. The van der Waals surface area contributed by atoms with Crippen molar-refractivity contribution >= 4 is 0 Å². The SMILES string of the molecule is C#CCOCC(O)CN(Cc1c(C)nn(-c2ccccc2)c1Oc1ccc(F)cc1F)CC(C)C. The van der Waals surface area contributed by atoms with Crippen molar-refractivity contribution in [3.05, 3.63) is 71.4 Å². The maximum absolute atomic E-state index is 14.5. The third-order valence-corrected chi connectivity index (χ3v) is 5.21. The van der Waals surface area contributed by atoms with Gasteiger partial charge in [-0.25, -0.2) is 13.5 Å². The molecule has 6 nitrogen and oxygen atoms in total. The summed E-state index contributed by atoms with van der Waals surface area (Å²) in [6.07, 6.45) is 4.47. The average Bonchev–Trinajstić information content (AvgIpc) is 3.11.